The van der Waals surface area contributed by atoms with Gasteiger partial charge in [-0.25, -0.2) is 4.79 Å². The van der Waals surface area contributed by atoms with Gasteiger partial charge in [-0.3, -0.25) is 4.90 Å². The van der Waals surface area contributed by atoms with E-state index in [4.69, 9.17) is 0 Å². The molecule has 1 heterocycles. The Balaban J connectivity index is 1.77. The Hall–Kier alpha value is -1.37. The van der Waals surface area contributed by atoms with Gasteiger partial charge in [0.1, 0.15) is 0 Å². The van der Waals surface area contributed by atoms with E-state index in [9.17, 15) is 4.79 Å². The van der Waals surface area contributed by atoms with Crippen LogP contribution in [-0.2, 0) is 0 Å². The fourth-order valence-corrected chi connectivity index (χ4v) is 3.08. The average Bonchev–Trinajstić information content (AvgIpc) is 2.58. The second kappa shape index (κ2) is 9.81. The van der Waals surface area contributed by atoms with Crippen molar-refractivity contribution in [2.24, 2.45) is 0 Å². The van der Waals surface area contributed by atoms with E-state index < -0.39 is 0 Å². The fraction of sp³-hybridized carbons (Fsp3) is 0.500. The van der Waals surface area contributed by atoms with Crippen molar-refractivity contribution in [2.75, 3.05) is 46.3 Å². The Labute approximate surface area is 153 Å². The van der Waals surface area contributed by atoms with Crippen LogP contribution in [0.2, 0.25) is 0 Å². The van der Waals surface area contributed by atoms with E-state index in [1.165, 1.54) is 5.56 Å². The Kier molecular flexibility index (Phi) is 7.75. The molecule has 0 radical (unpaired) electrons. The van der Waals surface area contributed by atoms with Gasteiger partial charge in [0.05, 0.1) is 6.54 Å². The Bertz CT molecular complexity index is 537. The number of carbonyl (C=O) groups is 1. The summed E-state index contributed by atoms with van der Waals surface area (Å²) in [7, 11) is 2.18. The van der Waals surface area contributed by atoms with Crippen LogP contribution in [0.25, 0.3) is 0 Å². The maximum Gasteiger partial charge on any atom is 0.315 e. The van der Waals surface area contributed by atoms with E-state index in [1.807, 2.05) is 0 Å². The summed E-state index contributed by atoms with van der Waals surface area (Å²) in [5, 5.41) is 5.64. The quantitative estimate of drug-likeness (QED) is 0.698. The third kappa shape index (κ3) is 6.26. The highest BCUT2D eigenvalue weighted by Crippen LogP contribution is 2.24. The molecule has 1 saturated heterocycles. The van der Waals surface area contributed by atoms with Gasteiger partial charge in [0.15, 0.2) is 0 Å². The lowest BCUT2D eigenvalue weighted by Crippen LogP contribution is -2.47. The Morgan fingerprint density at radius 2 is 2.04 bits per heavy atom. The minimum atomic E-state index is -0.145. The molecule has 1 aromatic carbocycles. The minimum absolute atomic E-state index is 0.145. The number of nitrogens with one attached hydrogen (secondary N) is 2. The topological polar surface area (TPSA) is 47.6 Å². The molecule has 6 heteroatoms. The predicted octanol–water partition coefficient (Wildman–Crippen LogP) is 2.57. The molecule has 1 aromatic rings. The number of rotatable bonds is 7. The molecular weight excluding hydrogens is 368 g/mol. The van der Waals surface area contributed by atoms with E-state index >= 15 is 0 Å². The third-order valence-electron chi connectivity index (χ3n) is 4.23. The van der Waals surface area contributed by atoms with Crippen molar-refractivity contribution in [3.8, 4) is 0 Å². The molecule has 0 aromatic heterocycles. The summed E-state index contributed by atoms with van der Waals surface area (Å²) in [6.45, 7) is 8.99. The predicted molar refractivity (Wildman–Crippen MR) is 102 cm³/mol. The number of benzene rings is 1. The number of likely N-dealkylation sites (N-methyl/N-ethyl adjacent to an activating group) is 1. The van der Waals surface area contributed by atoms with Crippen LogP contribution in [-0.4, -0.2) is 62.1 Å². The van der Waals surface area contributed by atoms with E-state index in [0.29, 0.717) is 19.1 Å². The number of urea groups is 1. The maximum absolute atomic E-state index is 11.6. The number of hydrogen-bond donors (Lipinski definition) is 2. The van der Waals surface area contributed by atoms with Gasteiger partial charge in [-0.05, 0) is 19.0 Å². The molecule has 1 atom stereocenters. The van der Waals surface area contributed by atoms with Gasteiger partial charge in [-0.1, -0.05) is 52.8 Å². The van der Waals surface area contributed by atoms with Crippen LogP contribution in [0.5, 0.6) is 0 Å². The lowest BCUT2D eigenvalue weighted by Gasteiger charge is -2.40. The first-order valence-corrected chi connectivity index (χ1v) is 9.18. The van der Waals surface area contributed by atoms with Crippen molar-refractivity contribution in [3.63, 3.8) is 0 Å². The van der Waals surface area contributed by atoms with Crippen molar-refractivity contribution in [2.45, 2.75) is 12.5 Å². The first-order chi connectivity index (χ1) is 11.6. The summed E-state index contributed by atoms with van der Waals surface area (Å²) in [6.07, 6.45) is 0.940. The molecule has 5 nitrogen and oxygen atoms in total. The monoisotopic (exact) mass is 394 g/mol. The fourth-order valence-electron chi connectivity index (χ4n) is 2.94. The standard InChI is InChI=1S/C18H27BrN4O/c1-15(19)13-21-18(24)20-9-6-10-23-12-11-22(2)14-17(23)16-7-4-3-5-8-16/h3-5,7-8,17H,1,6,9-14H2,2H3,(H2,20,21,24)/t17-/m1/s1. The molecule has 24 heavy (non-hydrogen) atoms. The van der Waals surface area contributed by atoms with Gasteiger partial charge in [-0.15, -0.1) is 0 Å². The summed E-state index contributed by atoms with van der Waals surface area (Å²) >= 11 is 3.22. The van der Waals surface area contributed by atoms with Crippen molar-refractivity contribution in [3.05, 3.63) is 47.0 Å². The number of piperazine rings is 1. The van der Waals surface area contributed by atoms with E-state index in [2.05, 4.69) is 80.3 Å². The Morgan fingerprint density at radius 1 is 1.29 bits per heavy atom. The summed E-state index contributed by atoms with van der Waals surface area (Å²) < 4.78 is 0.765. The molecule has 0 aliphatic carbocycles. The molecule has 132 valence electrons. The number of halogens is 1. The molecule has 2 rings (SSSR count). The molecule has 2 amide bonds. The largest absolute Gasteiger partial charge is 0.338 e. The molecule has 1 fully saturated rings. The van der Waals surface area contributed by atoms with E-state index in [-0.39, 0.29) is 6.03 Å². The second-order valence-electron chi connectivity index (χ2n) is 6.20. The summed E-state index contributed by atoms with van der Waals surface area (Å²) in [4.78, 5) is 16.5. The first-order valence-electron chi connectivity index (χ1n) is 8.39. The highest BCUT2D eigenvalue weighted by molar-refractivity contribution is 9.11. The lowest BCUT2D eigenvalue weighted by atomic mass is 10.0. The van der Waals surface area contributed by atoms with Gasteiger partial charge in [-0.2, -0.15) is 0 Å². The van der Waals surface area contributed by atoms with Gasteiger partial charge >= 0.3 is 6.03 Å². The smallest absolute Gasteiger partial charge is 0.315 e. The maximum atomic E-state index is 11.6. The van der Waals surface area contributed by atoms with Gasteiger partial charge in [0, 0.05) is 43.2 Å². The summed E-state index contributed by atoms with van der Waals surface area (Å²) in [6, 6.07) is 11.0. The highest BCUT2D eigenvalue weighted by Gasteiger charge is 2.25. The zero-order valence-corrected chi connectivity index (χ0v) is 15.9. The van der Waals surface area contributed by atoms with E-state index in [1.54, 1.807) is 0 Å². The second-order valence-corrected chi connectivity index (χ2v) is 7.33. The van der Waals surface area contributed by atoms with Gasteiger partial charge in [0.25, 0.3) is 0 Å². The SMILES string of the molecule is C=C(Br)CNC(=O)NCCCN1CCN(C)C[C@@H]1c1ccccc1. The number of amides is 2. The molecular formula is C18H27BrN4O. The summed E-state index contributed by atoms with van der Waals surface area (Å²) in [5.74, 6) is 0. The number of nitrogens with zero attached hydrogens (tertiary/aromatic N) is 2. The van der Waals surface area contributed by atoms with Crippen LogP contribution in [0.1, 0.15) is 18.0 Å². The lowest BCUT2D eigenvalue weighted by molar-refractivity contribution is 0.0890. The van der Waals surface area contributed by atoms with Crippen molar-refractivity contribution < 1.29 is 4.79 Å². The molecule has 0 unspecified atom stereocenters. The molecule has 0 saturated carbocycles. The number of hydrogen-bond acceptors (Lipinski definition) is 3. The van der Waals surface area contributed by atoms with Crippen LogP contribution in [0.3, 0.4) is 0 Å². The number of carbonyl (C=O) groups excluding carboxylic acids is 1. The first kappa shape index (κ1) is 19.0. The minimum Gasteiger partial charge on any atom is -0.338 e. The van der Waals surface area contributed by atoms with Crippen molar-refractivity contribution >= 4 is 22.0 Å². The third-order valence-corrected chi connectivity index (χ3v) is 4.51. The zero-order valence-electron chi connectivity index (χ0n) is 14.3. The van der Waals surface area contributed by atoms with Crippen molar-refractivity contribution in [1.82, 2.24) is 20.4 Å². The average molecular weight is 395 g/mol. The molecule has 0 spiro atoms. The van der Waals surface area contributed by atoms with Gasteiger partial charge in [0.2, 0.25) is 0 Å². The van der Waals surface area contributed by atoms with Crippen LogP contribution in [0.15, 0.2) is 41.4 Å². The Morgan fingerprint density at radius 3 is 2.75 bits per heavy atom. The van der Waals surface area contributed by atoms with Crippen LogP contribution < -0.4 is 10.6 Å². The van der Waals surface area contributed by atoms with Gasteiger partial charge < -0.3 is 15.5 Å². The molecule has 1 aliphatic heterocycles. The highest BCUT2D eigenvalue weighted by atomic mass is 79.9. The van der Waals surface area contributed by atoms with Crippen molar-refractivity contribution in [1.29, 1.82) is 0 Å². The van der Waals surface area contributed by atoms with E-state index in [0.717, 1.165) is 37.1 Å². The molecule has 1 aliphatic rings. The van der Waals surface area contributed by atoms with Crippen LogP contribution in [0, 0.1) is 0 Å². The summed E-state index contributed by atoms with van der Waals surface area (Å²) in [5.41, 5.74) is 1.37. The van der Waals surface area contributed by atoms with Crippen LogP contribution in [0.4, 0.5) is 4.79 Å². The normalized spacial score (nSPS) is 19.0. The zero-order chi connectivity index (χ0) is 17.4. The molecule has 0 bridgehead atoms. The molecule has 2 N–H and O–H groups in total. The van der Waals surface area contributed by atoms with Crippen LogP contribution >= 0.6 is 15.9 Å².